The molecule has 2 aromatic carbocycles. The quantitative estimate of drug-likeness (QED) is 0.594. The van der Waals surface area contributed by atoms with E-state index in [4.69, 9.17) is 22.4 Å². The molecule has 0 saturated carbocycles. The van der Waals surface area contributed by atoms with Crippen molar-refractivity contribution >= 4 is 34.8 Å². The van der Waals surface area contributed by atoms with Crippen molar-refractivity contribution in [3.8, 4) is 0 Å². The Morgan fingerprint density at radius 3 is 2.56 bits per heavy atom. The largest absolute Gasteiger partial charge is 0.398 e. The van der Waals surface area contributed by atoms with Crippen LogP contribution in [-0.4, -0.2) is 29.6 Å². The second-order valence-corrected chi connectivity index (χ2v) is 6.05. The highest BCUT2D eigenvalue weighted by atomic mass is 35.5. The van der Waals surface area contributed by atoms with Crippen LogP contribution in [0.3, 0.4) is 0 Å². The summed E-state index contributed by atoms with van der Waals surface area (Å²) in [5, 5.41) is 14.8. The Morgan fingerprint density at radius 2 is 1.88 bits per heavy atom. The van der Waals surface area contributed by atoms with Crippen LogP contribution in [0.15, 0.2) is 42.5 Å². The number of carbonyl (C=O) groups excluding carboxylic acids is 2. The van der Waals surface area contributed by atoms with Gasteiger partial charge in [-0.15, -0.1) is 0 Å². The second kappa shape index (κ2) is 8.50. The van der Waals surface area contributed by atoms with Crippen LogP contribution in [-0.2, 0) is 0 Å². The summed E-state index contributed by atoms with van der Waals surface area (Å²) < 4.78 is 0. The lowest BCUT2D eigenvalue weighted by molar-refractivity contribution is 0.0935. The molecule has 0 aromatic heterocycles. The van der Waals surface area contributed by atoms with E-state index in [0.717, 1.165) is 0 Å². The molecule has 0 bridgehead atoms. The molecule has 0 unspecified atom stereocenters. The van der Waals surface area contributed by atoms with Crippen molar-refractivity contribution < 1.29 is 14.7 Å². The summed E-state index contributed by atoms with van der Waals surface area (Å²) in [5.41, 5.74) is 7.03. The molecule has 1 atom stereocenters. The Balaban J connectivity index is 2.25. The van der Waals surface area contributed by atoms with Crippen LogP contribution in [0.2, 0.25) is 5.02 Å². The molecule has 25 heavy (non-hydrogen) atoms. The minimum atomic E-state index is -0.419. The maximum Gasteiger partial charge on any atom is 0.257 e. The SMILES string of the molecule is C[C@@H](CCO)NC(=O)c1cc(Cl)ccc1NC(=O)c1ccccc1N. The van der Waals surface area contributed by atoms with Gasteiger partial charge in [-0.3, -0.25) is 9.59 Å². The van der Waals surface area contributed by atoms with Crippen molar-refractivity contribution in [2.24, 2.45) is 0 Å². The minimum absolute atomic E-state index is 0.0339. The van der Waals surface area contributed by atoms with E-state index in [1.165, 1.54) is 6.07 Å². The number of carbonyl (C=O) groups is 2. The fourth-order valence-electron chi connectivity index (χ4n) is 2.27. The van der Waals surface area contributed by atoms with Gasteiger partial charge in [0.2, 0.25) is 0 Å². The van der Waals surface area contributed by atoms with Crippen LogP contribution in [0.25, 0.3) is 0 Å². The summed E-state index contributed by atoms with van der Waals surface area (Å²) in [5.74, 6) is -0.808. The molecule has 7 heteroatoms. The summed E-state index contributed by atoms with van der Waals surface area (Å²) in [4.78, 5) is 24.9. The number of aliphatic hydroxyl groups is 1. The molecule has 0 aliphatic carbocycles. The highest BCUT2D eigenvalue weighted by molar-refractivity contribution is 6.31. The first kappa shape index (κ1) is 18.8. The van der Waals surface area contributed by atoms with Crippen LogP contribution in [0.4, 0.5) is 11.4 Å². The molecule has 5 N–H and O–H groups in total. The predicted octanol–water partition coefficient (Wildman–Crippen LogP) is 2.68. The van der Waals surface area contributed by atoms with E-state index in [-0.39, 0.29) is 24.1 Å². The van der Waals surface area contributed by atoms with E-state index in [0.29, 0.717) is 28.4 Å². The normalized spacial score (nSPS) is 11.6. The molecule has 2 amide bonds. The maximum atomic E-state index is 12.5. The van der Waals surface area contributed by atoms with Gasteiger partial charge in [-0.25, -0.2) is 0 Å². The van der Waals surface area contributed by atoms with Crippen molar-refractivity contribution in [3.63, 3.8) is 0 Å². The number of hydrogen-bond acceptors (Lipinski definition) is 4. The number of nitrogen functional groups attached to an aromatic ring is 1. The Bertz CT molecular complexity index is 780. The van der Waals surface area contributed by atoms with Crippen molar-refractivity contribution in [1.29, 1.82) is 0 Å². The van der Waals surface area contributed by atoms with Gasteiger partial charge in [0.05, 0.1) is 16.8 Å². The molecule has 2 aromatic rings. The number of aliphatic hydroxyl groups excluding tert-OH is 1. The van der Waals surface area contributed by atoms with E-state index in [2.05, 4.69) is 10.6 Å². The number of nitrogens with one attached hydrogen (secondary N) is 2. The topological polar surface area (TPSA) is 104 Å². The van der Waals surface area contributed by atoms with Gasteiger partial charge in [-0.05, 0) is 43.7 Å². The van der Waals surface area contributed by atoms with Crippen molar-refractivity contribution in [1.82, 2.24) is 5.32 Å². The molecule has 0 heterocycles. The molecule has 132 valence electrons. The first-order valence-corrected chi connectivity index (χ1v) is 8.17. The molecule has 6 nitrogen and oxygen atoms in total. The van der Waals surface area contributed by atoms with Crippen molar-refractivity contribution in [3.05, 3.63) is 58.6 Å². The van der Waals surface area contributed by atoms with Crippen molar-refractivity contribution in [2.75, 3.05) is 17.7 Å². The molecule has 0 fully saturated rings. The molecule has 0 saturated heterocycles. The lowest BCUT2D eigenvalue weighted by Crippen LogP contribution is -2.33. The Kier molecular flexibility index (Phi) is 6.38. The van der Waals surface area contributed by atoms with Gasteiger partial charge in [0.15, 0.2) is 0 Å². The van der Waals surface area contributed by atoms with Crippen LogP contribution >= 0.6 is 11.6 Å². The number of halogens is 1. The molecule has 0 aliphatic heterocycles. The monoisotopic (exact) mass is 361 g/mol. The van der Waals surface area contributed by atoms with Gasteiger partial charge in [-0.1, -0.05) is 23.7 Å². The van der Waals surface area contributed by atoms with E-state index in [1.54, 1.807) is 43.3 Å². The Morgan fingerprint density at radius 1 is 1.16 bits per heavy atom. The van der Waals surface area contributed by atoms with Gasteiger partial charge in [-0.2, -0.15) is 0 Å². The second-order valence-electron chi connectivity index (χ2n) is 5.62. The Labute approximate surface area is 151 Å². The van der Waals surface area contributed by atoms with Crippen LogP contribution in [0, 0.1) is 0 Å². The molecule has 0 spiro atoms. The fraction of sp³-hybridized carbons (Fsp3) is 0.222. The first-order chi connectivity index (χ1) is 11.9. The Hall–Kier alpha value is -2.57. The zero-order valence-electron chi connectivity index (χ0n) is 13.8. The van der Waals surface area contributed by atoms with Crippen LogP contribution in [0.1, 0.15) is 34.1 Å². The average molecular weight is 362 g/mol. The number of anilines is 2. The van der Waals surface area contributed by atoms with Gasteiger partial charge >= 0.3 is 0 Å². The number of amides is 2. The number of para-hydroxylation sites is 1. The third kappa shape index (κ3) is 4.95. The highest BCUT2D eigenvalue weighted by Gasteiger charge is 2.17. The van der Waals surface area contributed by atoms with Crippen molar-refractivity contribution in [2.45, 2.75) is 19.4 Å². The van der Waals surface area contributed by atoms with E-state index >= 15 is 0 Å². The van der Waals surface area contributed by atoms with Crippen LogP contribution < -0.4 is 16.4 Å². The van der Waals surface area contributed by atoms with Gasteiger partial charge in [0, 0.05) is 23.4 Å². The van der Waals surface area contributed by atoms with Gasteiger partial charge in [0.25, 0.3) is 11.8 Å². The number of nitrogens with two attached hydrogens (primary N) is 1. The number of rotatable bonds is 6. The van der Waals surface area contributed by atoms with E-state index < -0.39 is 5.91 Å². The highest BCUT2D eigenvalue weighted by Crippen LogP contribution is 2.22. The lowest BCUT2D eigenvalue weighted by atomic mass is 10.1. The van der Waals surface area contributed by atoms with Gasteiger partial charge < -0.3 is 21.5 Å². The number of benzene rings is 2. The fourth-order valence-corrected chi connectivity index (χ4v) is 2.45. The maximum absolute atomic E-state index is 12.5. The zero-order valence-corrected chi connectivity index (χ0v) is 14.5. The zero-order chi connectivity index (χ0) is 18.4. The predicted molar refractivity (Wildman–Crippen MR) is 98.9 cm³/mol. The number of hydrogen-bond donors (Lipinski definition) is 4. The smallest absolute Gasteiger partial charge is 0.257 e. The summed E-state index contributed by atoms with van der Waals surface area (Å²) >= 11 is 5.98. The summed E-state index contributed by atoms with van der Waals surface area (Å²) in [6.45, 7) is 1.75. The van der Waals surface area contributed by atoms with E-state index in [9.17, 15) is 9.59 Å². The first-order valence-electron chi connectivity index (χ1n) is 7.79. The molecule has 2 rings (SSSR count). The molecule has 0 radical (unpaired) electrons. The van der Waals surface area contributed by atoms with Crippen LogP contribution in [0.5, 0.6) is 0 Å². The summed E-state index contributed by atoms with van der Waals surface area (Å²) in [6.07, 6.45) is 0.425. The average Bonchev–Trinajstić information content (AvgIpc) is 2.56. The van der Waals surface area contributed by atoms with E-state index in [1.807, 2.05) is 0 Å². The minimum Gasteiger partial charge on any atom is -0.398 e. The molecular weight excluding hydrogens is 342 g/mol. The summed E-state index contributed by atoms with van der Waals surface area (Å²) in [7, 11) is 0. The summed E-state index contributed by atoms with van der Waals surface area (Å²) in [6, 6.07) is 11.1. The third-order valence-corrected chi connectivity index (χ3v) is 3.85. The third-order valence-electron chi connectivity index (χ3n) is 3.62. The van der Waals surface area contributed by atoms with Gasteiger partial charge in [0.1, 0.15) is 0 Å². The molecular formula is C18H20ClN3O3. The lowest BCUT2D eigenvalue weighted by Gasteiger charge is -2.16. The molecule has 0 aliphatic rings. The standard InChI is InChI=1S/C18H20ClN3O3/c1-11(8-9-23)21-18(25)14-10-12(19)6-7-16(14)22-17(24)13-4-2-3-5-15(13)20/h2-7,10-11,23H,8-9,20H2,1H3,(H,21,25)(H,22,24)/t11-/m0/s1.